The normalized spacial score (nSPS) is 10.4. The molecule has 0 aliphatic carbocycles. The number of nitrogens with zero attached hydrogens (tertiary/aromatic N) is 2. The van der Waals surface area contributed by atoms with Crippen molar-refractivity contribution in [3.63, 3.8) is 0 Å². The SMILES string of the molecule is COCCCNc1ncnc(Nc2cc(C)ccc2OC)c1N. The summed E-state index contributed by atoms with van der Waals surface area (Å²) >= 11 is 0. The quantitative estimate of drug-likeness (QED) is 0.644. The summed E-state index contributed by atoms with van der Waals surface area (Å²) in [6, 6.07) is 5.86. The molecule has 0 bridgehead atoms. The fraction of sp³-hybridized carbons (Fsp3) is 0.375. The Bertz CT molecular complexity index is 648. The van der Waals surface area contributed by atoms with Crippen LogP contribution in [-0.2, 0) is 4.74 Å². The predicted molar refractivity (Wildman–Crippen MR) is 92.4 cm³/mol. The molecule has 1 heterocycles. The van der Waals surface area contributed by atoms with Gasteiger partial charge in [0.05, 0.1) is 12.8 Å². The molecule has 23 heavy (non-hydrogen) atoms. The lowest BCUT2D eigenvalue weighted by Crippen LogP contribution is -2.10. The van der Waals surface area contributed by atoms with Crippen LogP contribution in [0.15, 0.2) is 24.5 Å². The van der Waals surface area contributed by atoms with Crippen LogP contribution < -0.4 is 21.1 Å². The highest BCUT2D eigenvalue weighted by Crippen LogP contribution is 2.31. The number of nitrogen functional groups attached to an aromatic ring is 1. The molecule has 0 unspecified atom stereocenters. The van der Waals surface area contributed by atoms with Gasteiger partial charge in [-0.3, -0.25) is 0 Å². The highest BCUT2D eigenvalue weighted by Gasteiger charge is 2.10. The topological polar surface area (TPSA) is 94.3 Å². The number of aryl methyl sites for hydroxylation is 1. The van der Waals surface area contributed by atoms with Crippen LogP contribution in [0.25, 0.3) is 0 Å². The van der Waals surface area contributed by atoms with Crippen molar-refractivity contribution in [2.45, 2.75) is 13.3 Å². The van der Waals surface area contributed by atoms with Crippen LogP contribution in [0.2, 0.25) is 0 Å². The van der Waals surface area contributed by atoms with Crippen LogP contribution in [0.3, 0.4) is 0 Å². The Labute approximate surface area is 136 Å². The third-order valence-corrected chi connectivity index (χ3v) is 3.31. The standard InChI is InChI=1S/C16H23N5O2/c1-11-5-6-13(23-3)12(9-11)21-16-14(17)15(19-10-20-16)18-7-4-8-22-2/h5-6,9-10H,4,7-8,17H2,1-3H3,(H2,18,19,20,21). The van der Waals surface area contributed by atoms with E-state index in [1.807, 2.05) is 25.1 Å². The Morgan fingerprint density at radius 1 is 1.17 bits per heavy atom. The van der Waals surface area contributed by atoms with Gasteiger partial charge >= 0.3 is 0 Å². The first-order valence-electron chi connectivity index (χ1n) is 7.40. The number of aromatic nitrogens is 2. The van der Waals surface area contributed by atoms with Crippen molar-refractivity contribution < 1.29 is 9.47 Å². The molecule has 7 heteroatoms. The lowest BCUT2D eigenvalue weighted by molar-refractivity contribution is 0.198. The molecule has 2 rings (SSSR count). The molecular formula is C16H23N5O2. The van der Waals surface area contributed by atoms with E-state index < -0.39 is 0 Å². The largest absolute Gasteiger partial charge is 0.495 e. The molecule has 0 aliphatic rings. The minimum atomic E-state index is 0.466. The van der Waals surface area contributed by atoms with E-state index in [-0.39, 0.29) is 0 Å². The Hall–Kier alpha value is -2.54. The van der Waals surface area contributed by atoms with E-state index in [9.17, 15) is 0 Å². The summed E-state index contributed by atoms with van der Waals surface area (Å²) in [5.74, 6) is 1.87. The number of methoxy groups -OCH3 is 2. The van der Waals surface area contributed by atoms with Crippen LogP contribution in [0.1, 0.15) is 12.0 Å². The molecule has 1 aromatic heterocycles. The summed E-state index contributed by atoms with van der Waals surface area (Å²) in [4.78, 5) is 8.40. The Balaban J connectivity index is 2.16. The number of benzene rings is 1. The van der Waals surface area contributed by atoms with E-state index in [4.69, 9.17) is 15.2 Å². The van der Waals surface area contributed by atoms with Crippen molar-refractivity contribution in [2.75, 3.05) is 43.7 Å². The first-order valence-corrected chi connectivity index (χ1v) is 7.40. The van der Waals surface area contributed by atoms with Crippen molar-refractivity contribution >= 4 is 23.0 Å². The van der Waals surface area contributed by atoms with Gasteiger partial charge in [0, 0.05) is 20.3 Å². The number of hydrogen-bond donors (Lipinski definition) is 3. The van der Waals surface area contributed by atoms with Crippen molar-refractivity contribution in [3.8, 4) is 5.75 Å². The fourth-order valence-electron chi connectivity index (χ4n) is 2.11. The van der Waals surface area contributed by atoms with E-state index in [0.717, 1.165) is 30.0 Å². The third-order valence-electron chi connectivity index (χ3n) is 3.31. The van der Waals surface area contributed by atoms with Crippen molar-refractivity contribution in [1.29, 1.82) is 0 Å². The second-order valence-corrected chi connectivity index (χ2v) is 5.09. The molecule has 0 saturated carbocycles. The molecule has 0 saturated heterocycles. The highest BCUT2D eigenvalue weighted by molar-refractivity contribution is 5.79. The maximum atomic E-state index is 6.15. The molecular weight excluding hydrogens is 294 g/mol. The second-order valence-electron chi connectivity index (χ2n) is 5.09. The molecule has 0 radical (unpaired) electrons. The number of rotatable bonds is 8. The second kappa shape index (κ2) is 8.19. The first kappa shape index (κ1) is 16.8. The lowest BCUT2D eigenvalue weighted by Gasteiger charge is -2.14. The number of ether oxygens (including phenoxy) is 2. The summed E-state index contributed by atoms with van der Waals surface area (Å²) < 4.78 is 10.4. The Morgan fingerprint density at radius 3 is 2.70 bits per heavy atom. The van der Waals surface area contributed by atoms with Crippen LogP contribution in [0.4, 0.5) is 23.0 Å². The van der Waals surface area contributed by atoms with Gasteiger partial charge in [0.25, 0.3) is 0 Å². The van der Waals surface area contributed by atoms with Gasteiger partial charge in [-0.15, -0.1) is 0 Å². The summed E-state index contributed by atoms with van der Waals surface area (Å²) in [6.07, 6.45) is 2.34. The average Bonchev–Trinajstić information content (AvgIpc) is 2.55. The van der Waals surface area contributed by atoms with E-state index in [0.29, 0.717) is 23.9 Å². The van der Waals surface area contributed by atoms with Crippen LogP contribution in [-0.4, -0.2) is 37.3 Å². The molecule has 0 spiro atoms. The summed E-state index contributed by atoms with van der Waals surface area (Å²) in [5, 5.41) is 6.40. The van der Waals surface area contributed by atoms with Crippen LogP contribution in [0, 0.1) is 6.92 Å². The summed E-state index contributed by atoms with van der Waals surface area (Å²) in [6.45, 7) is 3.42. The zero-order valence-corrected chi connectivity index (χ0v) is 13.7. The van der Waals surface area contributed by atoms with Gasteiger partial charge < -0.3 is 25.8 Å². The molecule has 4 N–H and O–H groups in total. The molecule has 0 atom stereocenters. The van der Waals surface area contributed by atoms with Crippen molar-refractivity contribution in [2.24, 2.45) is 0 Å². The van der Waals surface area contributed by atoms with Crippen LogP contribution >= 0.6 is 0 Å². The smallest absolute Gasteiger partial charge is 0.159 e. The van der Waals surface area contributed by atoms with E-state index >= 15 is 0 Å². The van der Waals surface area contributed by atoms with Gasteiger partial charge in [0.1, 0.15) is 17.8 Å². The Kier molecular flexibility index (Phi) is 5.99. The first-order chi connectivity index (χ1) is 11.2. The number of nitrogens with one attached hydrogen (secondary N) is 2. The molecule has 1 aromatic carbocycles. The third kappa shape index (κ3) is 4.46. The van der Waals surface area contributed by atoms with Gasteiger partial charge in [-0.1, -0.05) is 6.07 Å². The summed E-state index contributed by atoms with van der Waals surface area (Å²) in [5.41, 5.74) is 8.54. The number of anilines is 4. The zero-order valence-electron chi connectivity index (χ0n) is 13.7. The van der Waals surface area contributed by atoms with Gasteiger partial charge in [-0.25, -0.2) is 9.97 Å². The molecule has 0 amide bonds. The van der Waals surface area contributed by atoms with Gasteiger partial charge in [0.15, 0.2) is 11.6 Å². The van der Waals surface area contributed by atoms with Gasteiger partial charge in [-0.05, 0) is 31.0 Å². The van der Waals surface area contributed by atoms with Gasteiger partial charge in [-0.2, -0.15) is 0 Å². The molecule has 2 aromatic rings. The summed E-state index contributed by atoms with van der Waals surface area (Å²) in [7, 11) is 3.30. The molecule has 124 valence electrons. The van der Waals surface area contributed by atoms with E-state index in [2.05, 4.69) is 20.6 Å². The Morgan fingerprint density at radius 2 is 1.96 bits per heavy atom. The highest BCUT2D eigenvalue weighted by atomic mass is 16.5. The molecule has 0 aliphatic heterocycles. The number of nitrogens with two attached hydrogens (primary N) is 1. The lowest BCUT2D eigenvalue weighted by atomic mass is 10.2. The molecule has 7 nitrogen and oxygen atoms in total. The fourth-order valence-corrected chi connectivity index (χ4v) is 2.11. The van der Waals surface area contributed by atoms with Crippen LogP contribution in [0.5, 0.6) is 5.75 Å². The van der Waals surface area contributed by atoms with Crippen molar-refractivity contribution in [3.05, 3.63) is 30.1 Å². The van der Waals surface area contributed by atoms with Crippen molar-refractivity contribution in [1.82, 2.24) is 9.97 Å². The monoisotopic (exact) mass is 317 g/mol. The maximum absolute atomic E-state index is 6.15. The minimum absolute atomic E-state index is 0.466. The van der Waals surface area contributed by atoms with Gasteiger partial charge in [0.2, 0.25) is 0 Å². The van der Waals surface area contributed by atoms with E-state index in [1.165, 1.54) is 6.33 Å². The molecule has 0 fully saturated rings. The number of hydrogen-bond acceptors (Lipinski definition) is 7. The average molecular weight is 317 g/mol. The predicted octanol–water partition coefficient (Wildman–Crippen LogP) is 2.57. The van der Waals surface area contributed by atoms with E-state index in [1.54, 1.807) is 14.2 Å². The minimum Gasteiger partial charge on any atom is -0.495 e. The maximum Gasteiger partial charge on any atom is 0.159 e. The zero-order chi connectivity index (χ0) is 16.7.